The monoisotopic (exact) mass is 430 g/mol. The predicted molar refractivity (Wildman–Crippen MR) is 119 cm³/mol. The van der Waals surface area contributed by atoms with Gasteiger partial charge in [0.2, 0.25) is 11.7 Å². The lowest BCUT2D eigenvalue weighted by molar-refractivity contribution is 0.102. The van der Waals surface area contributed by atoms with E-state index in [9.17, 15) is 4.79 Å². The number of fused-ring (bicyclic) bond motifs is 1. The molecule has 1 aromatic carbocycles. The fourth-order valence-corrected chi connectivity index (χ4v) is 3.95. The number of hydrogen-bond donors (Lipinski definition) is 1. The highest BCUT2D eigenvalue weighted by Crippen LogP contribution is 2.33. The van der Waals surface area contributed by atoms with Crippen LogP contribution < -0.4 is 5.32 Å². The van der Waals surface area contributed by atoms with E-state index >= 15 is 0 Å². The van der Waals surface area contributed by atoms with Gasteiger partial charge in [0, 0.05) is 29.8 Å². The maximum absolute atomic E-state index is 12.9. The van der Waals surface area contributed by atoms with Crippen molar-refractivity contribution in [1.82, 2.24) is 19.5 Å². The van der Waals surface area contributed by atoms with Crippen LogP contribution in [0.2, 0.25) is 0 Å². The topological polar surface area (TPSA) is 107 Å². The molecule has 0 spiro atoms. The van der Waals surface area contributed by atoms with Crippen LogP contribution in [0.5, 0.6) is 0 Å². The molecule has 1 fully saturated rings. The molecule has 1 N–H and O–H groups in total. The van der Waals surface area contributed by atoms with Crippen LogP contribution in [0.1, 0.15) is 47.1 Å². The lowest BCUT2D eigenvalue weighted by Gasteiger charge is -2.09. The number of hydrogen-bond acceptors (Lipinski definition) is 7. The van der Waals surface area contributed by atoms with Crippen molar-refractivity contribution < 1.29 is 14.2 Å². The highest BCUT2D eigenvalue weighted by molar-refractivity contribution is 6.04. The minimum absolute atomic E-state index is 0.143. The molecule has 1 aliphatic carbocycles. The van der Waals surface area contributed by atoms with Crippen molar-refractivity contribution in [2.24, 2.45) is 5.16 Å². The number of carbonyl (C=O) groups is 1. The van der Waals surface area contributed by atoms with Crippen molar-refractivity contribution in [2.45, 2.75) is 32.1 Å². The molecule has 3 heterocycles. The maximum atomic E-state index is 12.9. The predicted octanol–water partition coefficient (Wildman–Crippen LogP) is 4.21. The van der Waals surface area contributed by atoms with E-state index in [0.29, 0.717) is 28.7 Å². The van der Waals surface area contributed by atoms with Crippen LogP contribution in [0.25, 0.3) is 17.0 Å². The number of amides is 1. The van der Waals surface area contributed by atoms with Gasteiger partial charge < -0.3 is 14.7 Å². The standard InChI is InChI=1S/C23H22N6O3/c1-14-6-7-15(21-26-23(32-28-21)16-8-9-17(11-16)27-31-2)12-18(14)25-22(30)19-13-24-20-5-3-4-10-29(19)20/h3-7,10,12-13,16H,8-9,11H2,1-2H3,(H,25,30)/b27-17-. The van der Waals surface area contributed by atoms with E-state index in [4.69, 9.17) is 9.36 Å². The molecule has 0 radical (unpaired) electrons. The van der Waals surface area contributed by atoms with Gasteiger partial charge in [-0.3, -0.25) is 9.20 Å². The van der Waals surface area contributed by atoms with Crippen LogP contribution >= 0.6 is 0 Å². The third kappa shape index (κ3) is 3.73. The summed E-state index contributed by atoms with van der Waals surface area (Å²) in [5.74, 6) is 0.985. The first-order chi connectivity index (χ1) is 15.6. The first-order valence-electron chi connectivity index (χ1n) is 10.4. The number of benzene rings is 1. The zero-order valence-corrected chi connectivity index (χ0v) is 17.8. The normalized spacial score (nSPS) is 17.2. The van der Waals surface area contributed by atoms with E-state index in [1.54, 1.807) is 17.7 Å². The summed E-state index contributed by atoms with van der Waals surface area (Å²) in [6, 6.07) is 11.3. The molecule has 1 amide bonds. The molecular weight excluding hydrogens is 408 g/mol. The number of rotatable bonds is 5. The summed E-state index contributed by atoms with van der Waals surface area (Å²) >= 11 is 0. The van der Waals surface area contributed by atoms with Gasteiger partial charge in [-0.05, 0) is 43.5 Å². The molecule has 9 nitrogen and oxygen atoms in total. The van der Waals surface area contributed by atoms with E-state index in [-0.39, 0.29) is 11.8 Å². The zero-order chi connectivity index (χ0) is 22.1. The van der Waals surface area contributed by atoms with Gasteiger partial charge in [-0.15, -0.1) is 0 Å². The van der Waals surface area contributed by atoms with Gasteiger partial charge in [0.25, 0.3) is 5.91 Å². The minimum atomic E-state index is -0.242. The van der Waals surface area contributed by atoms with Crippen LogP contribution in [0.4, 0.5) is 5.69 Å². The fraction of sp³-hybridized carbons (Fsp3) is 0.261. The molecular formula is C23H22N6O3. The summed E-state index contributed by atoms with van der Waals surface area (Å²) in [4.78, 5) is 26.7. The number of carbonyl (C=O) groups excluding carboxylic acids is 1. The van der Waals surface area contributed by atoms with Crippen LogP contribution in [0, 0.1) is 6.92 Å². The first-order valence-corrected chi connectivity index (χ1v) is 10.4. The third-order valence-corrected chi connectivity index (χ3v) is 5.67. The second-order valence-electron chi connectivity index (χ2n) is 7.79. The van der Waals surface area contributed by atoms with Gasteiger partial charge in [-0.1, -0.05) is 28.5 Å². The lowest BCUT2D eigenvalue weighted by atomic mass is 10.1. The maximum Gasteiger partial charge on any atom is 0.274 e. The van der Waals surface area contributed by atoms with Gasteiger partial charge in [0.05, 0.1) is 11.9 Å². The summed E-state index contributed by atoms with van der Waals surface area (Å²) in [5, 5.41) is 11.2. The van der Waals surface area contributed by atoms with Crippen molar-refractivity contribution in [3.8, 4) is 11.4 Å². The lowest BCUT2D eigenvalue weighted by Crippen LogP contribution is -2.15. The highest BCUT2D eigenvalue weighted by Gasteiger charge is 2.28. The summed E-state index contributed by atoms with van der Waals surface area (Å²) in [6.07, 6.45) is 5.90. The summed E-state index contributed by atoms with van der Waals surface area (Å²) in [7, 11) is 1.55. The Morgan fingerprint density at radius 1 is 1.31 bits per heavy atom. The van der Waals surface area contributed by atoms with Crippen molar-refractivity contribution in [2.75, 3.05) is 12.4 Å². The molecule has 0 saturated heterocycles. The van der Waals surface area contributed by atoms with Crippen LogP contribution in [0.15, 0.2) is 58.5 Å². The van der Waals surface area contributed by atoms with Crippen LogP contribution in [-0.4, -0.2) is 38.3 Å². The van der Waals surface area contributed by atoms with Gasteiger partial charge >= 0.3 is 0 Å². The highest BCUT2D eigenvalue weighted by atomic mass is 16.6. The molecule has 4 aromatic rings. The second kappa shape index (κ2) is 8.26. The average Bonchev–Trinajstić information content (AvgIpc) is 3.54. The average molecular weight is 430 g/mol. The van der Waals surface area contributed by atoms with Crippen LogP contribution in [-0.2, 0) is 4.84 Å². The summed E-state index contributed by atoms with van der Waals surface area (Å²) in [5.41, 5.74) is 4.55. The molecule has 5 rings (SSSR count). The Morgan fingerprint density at radius 3 is 3.09 bits per heavy atom. The van der Waals surface area contributed by atoms with Crippen molar-refractivity contribution >= 4 is 23.0 Å². The molecule has 1 atom stereocenters. The quantitative estimate of drug-likeness (QED) is 0.475. The number of aromatic nitrogens is 4. The SMILES string of the molecule is CO/N=C1/CCC(c2nc(-c3ccc(C)c(NC(=O)c4cnc5ccccn45)c3)no2)C1. The fourth-order valence-electron chi connectivity index (χ4n) is 3.95. The summed E-state index contributed by atoms with van der Waals surface area (Å²) in [6.45, 7) is 1.94. The van der Waals surface area contributed by atoms with E-state index < -0.39 is 0 Å². The van der Waals surface area contributed by atoms with Gasteiger partial charge in [0.15, 0.2) is 0 Å². The molecule has 1 aliphatic rings. The molecule has 1 saturated carbocycles. The van der Waals surface area contributed by atoms with Crippen molar-refractivity contribution in [3.63, 3.8) is 0 Å². The molecule has 32 heavy (non-hydrogen) atoms. The number of aryl methyl sites for hydroxylation is 1. The Labute approximate surface area is 184 Å². The van der Waals surface area contributed by atoms with Crippen molar-refractivity contribution in [1.29, 1.82) is 0 Å². The van der Waals surface area contributed by atoms with E-state index in [1.165, 1.54) is 0 Å². The number of oxime groups is 1. The van der Waals surface area contributed by atoms with Crippen molar-refractivity contribution in [3.05, 3.63) is 65.9 Å². The molecule has 1 unspecified atom stereocenters. The summed E-state index contributed by atoms with van der Waals surface area (Å²) < 4.78 is 7.28. The number of nitrogens with one attached hydrogen (secondary N) is 1. The second-order valence-corrected chi connectivity index (χ2v) is 7.79. The Hall–Kier alpha value is -4.01. The van der Waals surface area contributed by atoms with Gasteiger partial charge in [0.1, 0.15) is 18.5 Å². The molecule has 0 aliphatic heterocycles. The first kappa shape index (κ1) is 19.9. The van der Waals surface area contributed by atoms with Gasteiger partial charge in [-0.25, -0.2) is 4.98 Å². The Bertz CT molecular complexity index is 1320. The third-order valence-electron chi connectivity index (χ3n) is 5.67. The number of nitrogens with zero attached hydrogens (tertiary/aromatic N) is 5. The largest absolute Gasteiger partial charge is 0.399 e. The molecule has 0 bridgehead atoms. The number of imidazole rings is 1. The Morgan fingerprint density at radius 2 is 2.22 bits per heavy atom. The van der Waals surface area contributed by atoms with E-state index in [2.05, 4.69) is 25.6 Å². The molecule has 3 aromatic heterocycles. The molecule has 162 valence electrons. The number of anilines is 1. The molecule has 9 heteroatoms. The smallest absolute Gasteiger partial charge is 0.274 e. The van der Waals surface area contributed by atoms with Crippen LogP contribution in [0.3, 0.4) is 0 Å². The Balaban J connectivity index is 1.37. The minimum Gasteiger partial charge on any atom is -0.399 e. The van der Waals surface area contributed by atoms with E-state index in [0.717, 1.165) is 36.1 Å². The van der Waals surface area contributed by atoms with Gasteiger partial charge in [-0.2, -0.15) is 4.98 Å². The Kier molecular flexibility index (Phi) is 5.14. The van der Waals surface area contributed by atoms with E-state index in [1.807, 2.05) is 49.5 Å². The zero-order valence-electron chi connectivity index (χ0n) is 17.8. The number of pyridine rings is 1.